The molecule has 0 saturated heterocycles. The summed E-state index contributed by atoms with van der Waals surface area (Å²) in [5.74, 6) is 0. The van der Waals surface area contributed by atoms with Crippen molar-refractivity contribution < 1.29 is 8.83 Å². The lowest BCUT2D eigenvalue weighted by molar-refractivity contribution is 0.564. The van der Waals surface area contributed by atoms with Crippen molar-refractivity contribution in [2.45, 2.75) is 0 Å². The van der Waals surface area contributed by atoms with Crippen LogP contribution in [0.25, 0.3) is 33.1 Å². The van der Waals surface area contributed by atoms with Gasteiger partial charge in [0.25, 0.3) is 0 Å². The summed E-state index contributed by atoms with van der Waals surface area (Å²) < 4.78 is 11.3. The van der Waals surface area contributed by atoms with E-state index in [1.807, 2.05) is 67.5 Å². The zero-order valence-electron chi connectivity index (χ0n) is 12.9. The summed E-state index contributed by atoms with van der Waals surface area (Å²) in [7, 11) is 3.89. The molecule has 2 aromatic heterocycles. The Balaban J connectivity index is 2.05. The first-order valence-corrected chi connectivity index (χ1v) is 7.36. The molecule has 23 heavy (non-hydrogen) atoms. The minimum atomic E-state index is -0.379. The zero-order valence-corrected chi connectivity index (χ0v) is 12.9. The van der Waals surface area contributed by atoms with Gasteiger partial charge in [0, 0.05) is 31.4 Å². The van der Waals surface area contributed by atoms with Gasteiger partial charge in [-0.1, -0.05) is 30.3 Å². The van der Waals surface area contributed by atoms with E-state index < -0.39 is 0 Å². The van der Waals surface area contributed by atoms with E-state index in [-0.39, 0.29) is 5.63 Å². The number of nitrogens with zero attached hydrogens (tertiary/aromatic N) is 1. The predicted molar refractivity (Wildman–Crippen MR) is 92.0 cm³/mol. The molecule has 0 saturated carbocycles. The van der Waals surface area contributed by atoms with Crippen LogP contribution in [0.4, 0.5) is 5.69 Å². The summed E-state index contributed by atoms with van der Waals surface area (Å²) in [6.07, 6.45) is 1.62. The second kappa shape index (κ2) is 5.02. The van der Waals surface area contributed by atoms with Crippen LogP contribution in [-0.4, -0.2) is 14.1 Å². The van der Waals surface area contributed by atoms with Gasteiger partial charge in [-0.05, 0) is 17.7 Å². The fourth-order valence-electron chi connectivity index (χ4n) is 2.80. The molecule has 4 rings (SSSR count). The molecule has 0 atom stereocenters. The van der Waals surface area contributed by atoms with Crippen LogP contribution in [0, 0.1) is 0 Å². The standard InChI is InChI=1S/C19H15NO3/c1-20(2)13-8-9-14-16(10-13)23-19(21)17-15(11-22-18(14)17)12-6-4-3-5-7-12/h3-11H,1-2H3. The molecule has 0 radical (unpaired) electrons. The highest BCUT2D eigenvalue weighted by molar-refractivity contribution is 6.07. The van der Waals surface area contributed by atoms with Gasteiger partial charge in [-0.15, -0.1) is 0 Å². The van der Waals surface area contributed by atoms with E-state index in [0.717, 1.165) is 22.2 Å². The summed E-state index contributed by atoms with van der Waals surface area (Å²) in [6, 6.07) is 15.4. The summed E-state index contributed by atoms with van der Waals surface area (Å²) in [5, 5.41) is 1.29. The number of benzene rings is 2. The Hall–Kier alpha value is -3.01. The molecule has 0 fully saturated rings. The van der Waals surface area contributed by atoms with Crippen LogP contribution in [0.2, 0.25) is 0 Å². The number of hydrogen-bond acceptors (Lipinski definition) is 4. The predicted octanol–water partition coefficient (Wildman–Crippen LogP) is 4.27. The van der Waals surface area contributed by atoms with Crippen molar-refractivity contribution >= 4 is 27.6 Å². The number of fused-ring (bicyclic) bond motifs is 3. The van der Waals surface area contributed by atoms with E-state index in [4.69, 9.17) is 8.83 Å². The summed E-state index contributed by atoms with van der Waals surface area (Å²) in [5.41, 5.74) is 3.38. The van der Waals surface area contributed by atoms with Crippen LogP contribution in [-0.2, 0) is 0 Å². The van der Waals surface area contributed by atoms with Crippen molar-refractivity contribution in [1.82, 2.24) is 0 Å². The minimum Gasteiger partial charge on any atom is -0.463 e. The third-order valence-corrected chi connectivity index (χ3v) is 4.01. The first kappa shape index (κ1) is 13.6. The molecular formula is C19H15NO3. The van der Waals surface area contributed by atoms with Crippen molar-refractivity contribution in [1.29, 1.82) is 0 Å². The topological polar surface area (TPSA) is 46.6 Å². The molecule has 4 nitrogen and oxygen atoms in total. The Morgan fingerprint density at radius 3 is 2.52 bits per heavy atom. The number of hydrogen-bond donors (Lipinski definition) is 0. The fourth-order valence-corrected chi connectivity index (χ4v) is 2.80. The minimum absolute atomic E-state index is 0.379. The lowest BCUT2D eigenvalue weighted by Crippen LogP contribution is -2.08. The fraction of sp³-hybridized carbons (Fsp3) is 0.105. The van der Waals surface area contributed by atoms with E-state index in [1.54, 1.807) is 6.26 Å². The van der Waals surface area contributed by atoms with Gasteiger partial charge in [0.05, 0.1) is 11.6 Å². The Kier molecular flexibility index (Phi) is 2.98. The highest BCUT2D eigenvalue weighted by Gasteiger charge is 2.17. The van der Waals surface area contributed by atoms with E-state index in [2.05, 4.69) is 0 Å². The van der Waals surface area contributed by atoms with Gasteiger partial charge < -0.3 is 13.7 Å². The average molecular weight is 305 g/mol. The van der Waals surface area contributed by atoms with E-state index in [1.165, 1.54) is 0 Å². The Bertz CT molecular complexity index is 1060. The molecule has 4 heteroatoms. The summed E-state index contributed by atoms with van der Waals surface area (Å²) in [4.78, 5) is 14.4. The molecule has 114 valence electrons. The van der Waals surface area contributed by atoms with Crippen molar-refractivity contribution in [2.24, 2.45) is 0 Å². The van der Waals surface area contributed by atoms with Gasteiger partial charge in [-0.25, -0.2) is 4.79 Å². The molecule has 0 aliphatic rings. The number of furan rings is 1. The smallest absolute Gasteiger partial charge is 0.348 e. The lowest BCUT2D eigenvalue weighted by atomic mass is 10.1. The normalized spacial score (nSPS) is 11.2. The van der Waals surface area contributed by atoms with Crippen LogP contribution < -0.4 is 10.5 Å². The quantitative estimate of drug-likeness (QED) is 0.519. The van der Waals surface area contributed by atoms with Crippen molar-refractivity contribution in [3.8, 4) is 11.1 Å². The van der Waals surface area contributed by atoms with E-state index in [9.17, 15) is 4.79 Å². The summed E-state index contributed by atoms with van der Waals surface area (Å²) in [6.45, 7) is 0. The highest BCUT2D eigenvalue weighted by Crippen LogP contribution is 2.33. The van der Waals surface area contributed by atoms with Gasteiger partial charge in [-0.2, -0.15) is 0 Å². The van der Waals surface area contributed by atoms with Crippen LogP contribution in [0.15, 0.2) is 68.4 Å². The van der Waals surface area contributed by atoms with Crippen molar-refractivity contribution in [2.75, 3.05) is 19.0 Å². The molecular weight excluding hydrogens is 290 g/mol. The Morgan fingerprint density at radius 1 is 1.00 bits per heavy atom. The zero-order chi connectivity index (χ0) is 16.0. The largest absolute Gasteiger partial charge is 0.463 e. The van der Waals surface area contributed by atoms with Crippen molar-refractivity contribution in [3.05, 3.63) is 65.2 Å². The maximum Gasteiger partial charge on any atom is 0.348 e. The molecule has 0 aliphatic heterocycles. The number of rotatable bonds is 2. The first-order valence-electron chi connectivity index (χ1n) is 7.36. The third kappa shape index (κ3) is 2.11. The first-order chi connectivity index (χ1) is 11.1. The maximum atomic E-state index is 12.5. The van der Waals surface area contributed by atoms with Gasteiger partial charge in [0.15, 0.2) is 5.58 Å². The molecule has 4 aromatic rings. The number of anilines is 1. The highest BCUT2D eigenvalue weighted by atomic mass is 16.4. The third-order valence-electron chi connectivity index (χ3n) is 4.01. The maximum absolute atomic E-state index is 12.5. The lowest BCUT2D eigenvalue weighted by Gasteiger charge is -2.12. The Labute approximate surface area is 132 Å². The molecule has 0 unspecified atom stereocenters. The van der Waals surface area contributed by atoms with Crippen LogP contribution in [0.1, 0.15) is 0 Å². The van der Waals surface area contributed by atoms with Gasteiger partial charge in [0.1, 0.15) is 11.0 Å². The molecule has 2 aromatic carbocycles. The molecule has 0 bridgehead atoms. The monoisotopic (exact) mass is 305 g/mol. The Morgan fingerprint density at radius 2 is 1.78 bits per heavy atom. The molecule has 0 N–H and O–H groups in total. The van der Waals surface area contributed by atoms with Gasteiger partial charge in [-0.3, -0.25) is 0 Å². The van der Waals surface area contributed by atoms with Crippen LogP contribution in [0.5, 0.6) is 0 Å². The van der Waals surface area contributed by atoms with Crippen LogP contribution >= 0.6 is 0 Å². The second-order valence-corrected chi connectivity index (χ2v) is 5.68. The van der Waals surface area contributed by atoms with Crippen molar-refractivity contribution in [3.63, 3.8) is 0 Å². The second-order valence-electron chi connectivity index (χ2n) is 5.68. The van der Waals surface area contributed by atoms with Crippen LogP contribution in [0.3, 0.4) is 0 Å². The SMILES string of the molecule is CN(C)c1ccc2c(c1)oc(=O)c1c(-c3ccccc3)coc12. The summed E-state index contributed by atoms with van der Waals surface area (Å²) >= 11 is 0. The molecule has 0 aliphatic carbocycles. The average Bonchev–Trinajstić information content (AvgIpc) is 3.01. The van der Waals surface area contributed by atoms with Gasteiger partial charge >= 0.3 is 5.63 Å². The molecule has 0 spiro atoms. The molecule has 0 amide bonds. The molecule has 2 heterocycles. The van der Waals surface area contributed by atoms with E-state index >= 15 is 0 Å². The van der Waals surface area contributed by atoms with Gasteiger partial charge in [0.2, 0.25) is 0 Å². The van der Waals surface area contributed by atoms with E-state index in [0.29, 0.717) is 16.6 Å².